The van der Waals surface area contributed by atoms with Gasteiger partial charge in [0.2, 0.25) is 11.7 Å². The molecule has 0 radical (unpaired) electrons. The molecule has 3 rings (SSSR count). The zero-order valence-electron chi connectivity index (χ0n) is 15.0. The molecule has 0 spiro atoms. The highest BCUT2D eigenvalue weighted by Crippen LogP contribution is 2.31. The molecule has 1 amide bonds. The lowest BCUT2D eigenvalue weighted by atomic mass is 10.2. The summed E-state index contributed by atoms with van der Waals surface area (Å²) in [5.41, 5.74) is 1.16. The molecule has 3 aromatic rings. The molecule has 0 saturated heterocycles. The summed E-state index contributed by atoms with van der Waals surface area (Å²) >= 11 is 5.92. The quantitative estimate of drug-likeness (QED) is 0.690. The molecule has 8 heteroatoms. The normalized spacial score (nSPS) is 11.7. The van der Waals surface area contributed by atoms with Crippen molar-refractivity contribution in [2.75, 3.05) is 14.2 Å². The smallest absolute Gasteiger partial charge is 0.251 e. The maximum Gasteiger partial charge on any atom is 0.251 e. The third-order valence-electron chi connectivity index (χ3n) is 3.89. The molecular formula is C19H18ClN3O4. The van der Waals surface area contributed by atoms with Gasteiger partial charge in [0.1, 0.15) is 6.04 Å². The lowest BCUT2D eigenvalue weighted by Gasteiger charge is -2.09. The number of methoxy groups -OCH3 is 2. The van der Waals surface area contributed by atoms with Gasteiger partial charge in [0.15, 0.2) is 11.5 Å². The first kappa shape index (κ1) is 18.7. The van der Waals surface area contributed by atoms with Crippen molar-refractivity contribution in [1.29, 1.82) is 0 Å². The van der Waals surface area contributed by atoms with Crippen molar-refractivity contribution in [3.63, 3.8) is 0 Å². The fourth-order valence-electron chi connectivity index (χ4n) is 2.48. The summed E-state index contributed by atoms with van der Waals surface area (Å²) in [6.45, 7) is 1.76. The highest BCUT2D eigenvalue weighted by atomic mass is 35.5. The Kier molecular flexibility index (Phi) is 5.61. The molecule has 0 fully saturated rings. The van der Waals surface area contributed by atoms with Gasteiger partial charge in [-0.1, -0.05) is 22.8 Å². The first-order valence-corrected chi connectivity index (χ1v) is 8.52. The monoisotopic (exact) mass is 387 g/mol. The van der Waals surface area contributed by atoms with Gasteiger partial charge in [0.05, 0.1) is 14.2 Å². The average molecular weight is 388 g/mol. The molecule has 27 heavy (non-hydrogen) atoms. The molecule has 1 heterocycles. The van der Waals surface area contributed by atoms with E-state index in [4.69, 9.17) is 25.6 Å². The Morgan fingerprint density at radius 3 is 2.63 bits per heavy atom. The number of hydrogen-bond acceptors (Lipinski definition) is 6. The largest absolute Gasteiger partial charge is 0.493 e. The fourth-order valence-corrected chi connectivity index (χ4v) is 2.67. The van der Waals surface area contributed by atoms with Gasteiger partial charge < -0.3 is 19.3 Å². The minimum absolute atomic E-state index is 0.282. The number of carbonyl (C=O) groups is 1. The van der Waals surface area contributed by atoms with E-state index in [0.29, 0.717) is 33.5 Å². The Bertz CT molecular complexity index is 958. The molecule has 1 aromatic heterocycles. The van der Waals surface area contributed by atoms with Gasteiger partial charge >= 0.3 is 0 Å². The number of hydrogen-bond donors (Lipinski definition) is 1. The van der Waals surface area contributed by atoms with Crippen LogP contribution in [0, 0.1) is 0 Å². The molecule has 7 nitrogen and oxygen atoms in total. The minimum Gasteiger partial charge on any atom is -0.493 e. The highest BCUT2D eigenvalue weighted by Gasteiger charge is 2.19. The van der Waals surface area contributed by atoms with E-state index in [1.54, 1.807) is 63.6 Å². The zero-order valence-corrected chi connectivity index (χ0v) is 15.8. The van der Waals surface area contributed by atoms with E-state index < -0.39 is 6.04 Å². The summed E-state index contributed by atoms with van der Waals surface area (Å²) in [6.07, 6.45) is 0. The van der Waals surface area contributed by atoms with Gasteiger partial charge in [0.25, 0.3) is 5.91 Å². The molecule has 2 aromatic carbocycles. The van der Waals surface area contributed by atoms with Crippen LogP contribution in [0.4, 0.5) is 0 Å². The Labute approximate surface area is 161 Å². The summed E-state index contributed by atoms with van der Waals surface area (Å²) < 4.78 is 15.8. The van der Waals surface area contributed by atoms with Crippen LogP contribution < -0.4 is 14.8 Å². The summed E-state index contributed by atoms with van der Waals surface area (Å²) in [5, 5.41) is 7.27. The first-order chi connectivity index (χ1) is 13.0. The van der Waals surface area contributed by atoms with Crippen LogP contribution in [-0.2, 0) is 0 Å². The third-order valence-corrected chi connectivity index (χ3v) is 4.12. The van der Waals surface area contributed by atoms with Gasteiger partial charge in [-0.05, 0) is 43.3 Å². The second-order valence-corrected chi connectivity index (χ2v) is 6.17. The number of carbonyl (C=O) groups excluding carboxylic acids is 1. The Morgan fingerprint density at radius 2 is 1.93 bits per heavy atom. The Balaban J connectivity index is 1.76. The molecule has 0 saturated carbocycles. The molecule has 1 N–H and O–H groups in total. The fraction of sp³-hybridized carbons (Fsp3) is 0.211. The molecule has 140 valence electrons. The van der Waals surface area contributed by atoms with Crippen molar-refractivity contribution in [1.82, 2.24) is 15.5 Å². The van der Waals surface area contributed by atoms with Crippen LogP contribution in [0.3, 0.4) is 0 Å². The zero-order chi connectivity index (χ0) is 19.4. The molecule has 0 aliphatic carbocycles. The van der Waals surface area contributed by atoms with Gasteiger partial charge in [0, 0.05) is 16.1 Å². The number of amides is 1. The molecule has 0 bridgehead atoms. The van der Waals surface area contributed by atoms with E-state index in [-0.39, 0.29) is 11.8 Å². The molecule has 1 atom stereocenters. The average Bonchev–Trinajstić information content (AvgIpc) is 3.17. The van der Waals surface area contributed by atoms with Crippen LogP contribution in [0.15, 0.2) is 47.0 Å². The van der Waals surface area contributed by atoms with Crippen LogP contribution in [0.2, 0.25) is 5.02 Å². The van der Waals surface area contributed by atoms with Gasteiger partial charge in [-0.25, -0.2) is 0 Å². The van der Waals surface area contributed by atoms with Crippen molar-refractivity contribution in [2.24, 2.45) is 0 Å². The SMILES string of the molecule is COc1ccc(-c2noc([C@@H](C)NC(=O)c3cccc(Cl)c3)n2)cc1OC. The maximum absolute atomic E-state index is 12.3. The van der Waals surface area contributed by atoms with Crippen LogP contribution in [0.25, 0.3) is 11.4 Å². The van der Waals surface area contributed by atoms with Crippen LogP contribution in [-0.4, -0.2) is 30.3 Å². The second kappa shape index (κ2) is 8.09. The van der Waals surface area contributed by atoms with Crippen molar-refractivity contribution >= 4 is 17.5 Å². The molecule has 0 aliphatic rings. The first-order valence-electron chi connectivity index (χ1n) is 8.14. The van der Waals surface area contributed by atoms with Crippen molar-refractivity contribution in [3.8, 4) is 22.9 Å². The summed E-state index contributed by atoms with van der Waals surface area (Å²) in [5.74, 6) is 1.55. The lowest BCUT2D eigenvalue weighted by molar-refractivity contribution is 0.0932. The molecular weight excluding hydrogens is 370 g/mol. The Hall–Kier alpha value is -3.06. The summed E-state index contributed by atoms with van der Waals surface area (Å²) in [6, 6.07) is 11.5. The minimum atomic E-state index is -0.474. The van der Waals surface area contributed by atoms with Crippen LogP contribution >= 0.6 is 11.6 Å². The Morgan fingerprint density at radius 1 is 1.15 bits per heavy atom. The number of rotatable bonds is 6. The number of benzene rings is 2. The van der Waals surface area contributed by atoms with Gasteiger partial charge in [-0.15, -0.1) is 0 Å². The standard InChI is InChI=1S/C19H18ClN3O4/c1-11(21-18(24)13-5-4-6-14(20)9-13)19-22-17(23-27-19)12-7-8-15(25-2)16(10-12)26-3/h4-11H,1-3H3,(H,21,24)/t11-/m1/s1. The third kappa shape index (κ3) is 4.20. The maximum atomic E-state index is 12.3. The second-order valence-electron chi connectivity index (χ2n) is 5.73. The number of aromatic nitrogens is 2. The number of halogens is 1. The van der Waals surface area contributed by atoms with E-state index in [2.05, 4.69) is 15.5 Å². The van der Waals surface area contributed by atoms with Gasteiger partial charge in [-0.2, -0.15) is 4.98 Å². The molecule has 0 unspecified atom stereocenters. The van der Waals surface area contributed by atoms with Crippen molar-refractivity contribution < 1.29 is 18.8 Å². The predicted molar refractivity (Wildman–Crippen MR) is 100 cm³/mol. The van der Waals surface area contributed by atoms with Crippen molar-refractivity contribution in [2.45, 2.75) is 13.0 Å². The van der Waals surface area contributed by atoms with E-state index >= 15 is 0 Å². The lowest BCUT2D eigenvalue weighted by Crippen LogP contribution is -2.26. The van der Waals surface area contributed by atoms with Gasteiger partial charge in [-0.3, -0.25) is 4.79 Å². The van der Waals surface area contributed by atoms with E-state index in [9.17, 15) is 4.79 Å². The highest BCUT2D eigenvalue weighted by molar-refractivity contribution is 6.30. The van der Waals surface area contributed by atoms with E-state index in [1.807, 2.05) is 0 Å². The van der Waals surface area contributed by atoms with E-state index in [0.717, 1.165) is 0 Å². The van der Waals surface area contributed by atoms with E-state index in [1.165, 1.54) is 0 Å². The predicted octanol–water partition coefficient (Wildman–Crippen LogP) is 3.90. The van der Waals surface area contributed by atoms with Crippen LogP contribution in [0.5, 0.6) is 11.5 Å². The summed E-state index contributed by atoms with van der Waals surface area (Å²) in [7, 11) is 3.12. The number of nitrogens with zero attached hydrogens (tertiary/aromatic N) is 2. The van der Waals surface area contributed by atoms with Crippen molar-refractivity contribution in [3.05, 3.63) is 58.9 Å². The summed E-state index contributed by atoms with van der Waals surface area (Å²) in [4.78, 5) is 16.7. The molecule has 0 aliphatic heterocycles. The van der Waals surface area contributed by atoms with Crippen LogP contribution in [0.1, 0.15) is 29.2 Å². The number of ether oxygens (including phenoxy) is 2. The number of nitrogens with one attached hydrogen (secondary N) is 1. The topological polar surface area (TPSA) is 86.5 Å².